The van der Waals surface area contributed by atoms with E-state index >= 15 is 0 Å². The number of nitrogens with one attached hydrogen (secondary N) is 1. The fraction of sp³-hybridized carbons (Fsp3) is 0.250. The van der Waals surface area contributed by atoms with Crippen LogP contribution in [-0.4, -0.2) is 16.6 Å². The number of rotatable bonds is 3. The molecule has 0 amide bonds. The first-order valence-corrected chi connectivity index (χ1v) is 5.98. The van der Waals surface area contributed by atoms with Crippen molar-refractivity contribution in [2.75, 3.05) is 7.05 Å². The Morgan fingerprint density at radius 2 is 1.88 bits per heavy atom. The summed E-state index contributed by atoms with van der Waals surface area (Å²) in [5.41, 5.74) is 0.999. The average molecular weight is 270 g/mol. The predicted molar refractivity (Wildman–Crippen MR) is 70.6 cm³/mol. The lowest BCUT2D eigenvalue weighted by molar-refractivity contribution is 0.617. The number of hydrogen-bond acceptors (Lipinski definition) is 2. The summed E-state index contributed by atoms with van der Waals surface area (Å²) in [6, 6.07) is 5.48. The minimum Gasteiger partial charge on any atom is -0.336 e. The summed E-state index contributed by atoms with van der Waals surface area (Å²) in [4.78, 5) is 4.34. The van der Waals surface area contributed by atoms with Crippen LogP contribution >= 0.6 is 23.2 Å². The van der Waals surface area contributed by atoms with Gasteiger partial charge in [-0.05, 0) is 30.8 Å². The second kappa shape index (κ2) is 5.08. The number of nitrogens with zero attached hydrogens (tertiary/aromatic N) is 2. The number of halogens is 2. The molecule has 0 bridgehead atoms. The van der Waals surface area contributed by atoms with Crippen molar-refractivity contribution in [1.82, 2.24) is 14.9 Å². The number of imidazole rings is 1. The molecule has 0 saturated heterocycles. The molecule has 0 aliphatic rings. The summed E-state index contributed by atoms with van der Waals surface area (Å²) < 4.78 is 1.97. The van der Waals surface area contributed by atoms with Crippen LogP contribution in [0.5, 0.6) is 0 Å². The van der Waals surface area contributed by atoms with Gasteiger partial charge in [0.25, 0.3) is 0 Å². The molecule has 0 aliphatic heterocycles. The van der Waals surface area contributed by atoms with Crippen molar-refractivity contribution in [3.8, 4) is 0 Å². The van der Waals surface area contributed by atoms with Crippen molar-refractivity contribution in [2.45, 2.75) is 6.04 Å². The van der Waals surface area contributed by atoms with Gasteiger partial charge in [-0.25, -0.2) is 4.98 Å². The first-order chi connectivity index (χ1) is 8.11. The summed E-state index contributed by atoms with van der Waals surface area (Å²) in [6.45, 7) is 0. The normalized spacial score (nSPS) is 12.7. The Hall–Kier alpha value is -1.03. The number of benzene rings is 1. The SMILES string of the molecule is CNC(c1cc(Cl)cc(Cl)c1)c1nccn1C. The van der Waals surface area contributed by atoms with E-state index in [0.29, 0.717) is 10.0 Å². The molecule has 1 aromatic carbocycles. The summed E-state index contributed by atoms with van der Waals surface area (Å²) in [6.07, 6.45) is 3.68. The van der Waals surface area contributed by atoms with Crippen LogP contribution in [0.4, 0.5) is 0 Å². The van der Waals surface area contributed by atoms with Crippen molar-refractivity contribution < 1.29 is 0 Å². The van der Waals surface area contributed by atoms with Gasteiger partial charge in [0.05, 0.1) is 6.04 Å². The molecule has 3 nitrogen and oxygen atoms in total. The van der Waals surface area contributed by atoms with Crippen molar-refractivity contribution in [3.05, 3.63) is 52.0 Å². The van der Waals surface area contributed by atoms with Crippen molar-refractivity contribution in [2.24, 2.45) is 7.05 Å². The van der Waals surface area contributed by atoms with Crippen molar-refractivity contribution in [3.63, 3.8) is 0 Å². The average Bonchev–Trinajstić information content (AvgIpc) is 2.65. The Morgan fingerprint density at radius 1 is 1.24 bits per heavy atom. The topological polar surface area (TPSA) is 29.9 Å². The van der Waals surface area contributed by atoms with Crippen LogP contribution in [0.15, 0.2) is 30.6 Å². The molecule has 2 aromatic rings. The van der Waals surface area contributed by atoms with E-state index in [4.69, 9.17) is 23.2 Å². The van der Waals surface area contributed by atoms with E-state index < -0.39 is 0 Å². The maximum absolute atomic E-state index is 6.01. The van der Waals surface area contributed by atoms with Crippen LogP contribution in [0.2, 0.25) is 10.0 Å². The Morgan fingerprint density at radius 3 is 2.35 bits per heavy atom. The molecule has 5 heteroatoms. The lowest BCUT2D eigenvalue weighted by Crippen LogP contribution is -2.21. The van der Waals surface area contributed by atoms with Gasteiger partial charge in [-0.15, -0.1) is 0 Å². The zero-order chi connectivity index (χ0) is 12.4. The minimum atomic E-state index is -0.0220. The third kappa shape index (κ3) is 2.63. The van der Waals surface area contributed by atoms with E-state index in [1.807, 2.05) is 37.0 Å². The molecule has 0 fully saturated rings. The molecule has 1 unspecified atom stereocenters. The van der Waals surface area contributed by atoms with Crippen LogP contribution in [0.25, 0.3) is 0 Å². The molecule has 0 aliphatic carbocycles. The summed E-state index contributed by atoms with van der Waals surface area (Å²) in [5, 5.41) is 4.47. The van der Waals surface area contributed by atoms with Gasteiger partial charge >= 0.3 is 0 Å². The van der Waals surface area contributed by atoms with E-state index in [-0.39, 0.29) is 6.04 Å². The molecule has 1 N–H and O–H groups in total. The van der Waals surface area contributed by atoms with E-state index in [2.05, 4.69) is 10.3 Å². The first-order valence-electron chi connectivity index (χ1n) is 5.22. The van der Waals surface area contributed by atoms with E-state index in [1.165, 1.54) is 0 Å². The maximum Gasteiger partial charge on any atom is 0.130 e. The summed E-state index contributed by atoms with van der Waals surface area (Å²) >= 11 is 12.0. The summed E-state index contributed by atoms with van der Waals surface area (Å²) in [5.74, 6) is 0.922. The lowest BCUT2D eigenvalue weighted by atomic mass is 10.1. The standard InChI is InChI=1S/C12H13Cl2N3/c1-15-11(12-16-3-4-17(12)2)8-5-9(13)7-10(14)6-8/h3-7,11,15H,1-2H3. The highest BCUT2D eigenvalue weighted by Gasteiger charge is 2.17. The van der Waals surface area contributed by atoms with E-state index in [9.17, 15) is 0 Å². The molecule has 17 heavy (non-hydrogen) atoms. The van der Waals surface area contributed by atoms with Crippen LogP contribution in [0.1, 0.15) is 17.4 Å². The van der Waals surface area contributed by atoms with Crippen molar-refractivity contribution in [1.29, 1.82) is 0 Å². The maximum atomic E-state index is 6.01. The molecular formula is C12H13Cl2N3. The minimum absolute atomic E-state index is 0.0220. The number of aryl methyl sites for hydroxylation is 1. The van der Waals surface area contributed by atoms with Gasteiger partial charge in [0.15, 0.2) is 0 Å². The quantitative estimate of drug-likeness (QED) is 0.929. The summed E-state index contributed by atoms with van der Waals surface area (Å²) in [7, 11) is 3.84. The largest absolute Gasteiger partial charge is 0.336 e. The Kier molecular flexibility index (Phi) is 3.72. The fourth-order valence-corrected chi connectivity index (χ4v) is 2.38. The molecule has 1 heterocycles. The second-order valence-corrected chi connectivity index (χ2v) is 4.69. The van der Waals surface area contributed by atoms with Crippen LogP contribution in [-0.2, 0) is 7.05 Å². The third-order valence-electron chi connectivity index (χ3n) is 2.62. The molecule has 2 rings (SSSR count). The fourth-order valence-electron chi connectivity index (χ4n) is 1.84. The smallest absolute Gasteiger partial charge is 0.130 e. The Labute approximate surface area is 110 Å². The molecule has 0 saturated carbocycles. The van der Waals surface area contributed by atoms with Gasteiger partial charge in [0, 0.05) is 29.5 Å². The molecule has 1 aromatic heterocycles. The van der Waals surface area contributed by atoms with Gasteiger partial charge in [0.1, 0.15) is 5.82 Å². The zero-order valence-corrected chi connectivity index (χ0v) is 11.1. The number of aromatic nitrogens is 2. The highest BCUT2D eigenvalue weighted by molar-refractivity contribution is 6.34. The lowest BCUT2D eigenvalue weighted by Gasteiger charge is -2.17. The Balaban J connectivity index is 2.45. The second-order valence-electron chi connectivity index (χ2n) is 3.82. The Bertz CT molecular complexity index is 502. The van der Waals surface area contributed by atoms with Gasteiger partial charge in [-0.1, -0.05) is 23.2 Å². The van der Waals surface area contributed by atoms with E-state index in [1.54, 1.807) is 12.3 Å². The first kappa shape index (κ1) is 12.4. The van der Waals surface area contributed by atoms with Gasteiger partial charge in [0.2, 0.25) is 0 Å². The highest BCUT2D eigenvalue weighted by atomic mass is 35.5. The molecule has 0 spiro atoms. The molecule has 90 valence electrons. The van der Waals surface area contributed by atoms with E-state index in [0.717, 1.165) is 11.4 Å². The zero-order valence-electron chi connectivity index (χ0n) is 9.61. The monoisotopic (exact) mass is 269 g/mol. The number of hydrogen-bond donors (Lipinski definition) is 1. The van der Waals surface area contributed by atoms with Crippen LogP contribution in [0.3, 0.4) is 0 Å². The highest BCUT2D eigenvalue weighted by Crippen LogP contribution is 2.26. The molecular weight excluding hydrogens is 257 g/mol. The van der Waals surface area contributed by atoms with Crippen molar-refractivity contribution >= 4 is 23.2 Å². The van der Waals surface area contributed by atoms with Gasteiger partial charge < -0.3 is 9.88 Å². The van der Waals surface area contributed by atoms with Crippen LogP contribution < -0.4 is 5.32 Å². The molecule has 1 atom stereocenters. The predicted octanol–water partition coefficient (Wildman–Crippen LogP) is 3.04. The third-order valence-corrected chi connectivity index (χ3v) is 3.06. The van der Waals surface area contributed by atoms with Crippen LogP contribution in [0, 0.1) is 0 Å². The van der Waals surface area contributed by atoms with Gasteiger partial charge in [-0.3, -0.25) is 0 Å². The van der Waals surface area contributed by atoms with Gasteiger partial charge in [-0.2, -0.15) is 0 Å². The molecule has 0 radical (unpaired) electrons.